The zero-order valence-corrected chi connectivity index (χ0v) is 10.0. The molecule has 0 fully saturated rings. The number of rotatable bonds is 3. The first-order valence-corrected chi connectivity index (χ1v) is 5.17. The van der Waals surface area contributed by atoms with Crippen molar-refractivity contribution in [1.29, 1.82) is 0 Å². The van der Waals surface area contributed by atoms with Gasteiger partial charge in [-0.25, -0.2) is 8.78 Å². The summed E-state index contributed by atoms with van der Waals surface area (Å²) in [5, 5.41) is 2.14. The van der Waals surface area contributed by atoms with Crippen molar-refractivity contribution < 1.29 is 18.3 Å². The molecule has 0 bridgehead atoms. The monoisotopic (exact) mass is 243 g/mol. The number of amides is 1. The second kappa shape index (κ2) is 5.23. The van der Waals surface area contributed by atoms with Crippen LogP contribution in [0.25, 0.3) is 0 Å². The lowest BCUT2D eigenvalue weighted by atomic mass is 10.2. The third kappa shape index (κ3) is 4.48. The SMILES string of the molecule is CC(C)(C)OCC(=O)Nc1c(F)cccc1F. The van der Waals surface area contributed by atoms with Gasteiger partial charge >= 0.3 is 0 Å². The molecule has 5 heteroatoms. The largest absolute Gasteiger partial charge is 0.366 e. The molecule has 1 rings (SSSR count). The number of hydrogen-bond donors (Lipinski definition) is 1. The van der Waals surface area contributed by atoms with Gasteiger partial charge in [0.2, 0.25) is 0 Å². The molecule has 0 saturated carbocycles. The Kier molecular flexibility index (Phi) is 4.17. The average molecular weight is 243 g/mol. The van der Waals surface area contributed by atoms with Crippen LogP contribution in [0.1, 0.15) is 20.8 Å². The van der Waals surface area contributed by atoms with Gasteiger partial charge in [0, 0.05) is 0 Å². The number of anilines is 1. The Hall–Kier alpha value is -1.49. The minimum atomic E-state index is -0.811. The molecule has 0 aliphatic heterocycles. The molecular formula is C12H15F2NO2. The van der Waals surface area contributed by atoms with Gasteiger partial charge in [0.05, 0.1) is 5.60 Å². The number of benzene rings is 1. The van der Waals surface area contributed by atoms with Gasteiger partial charge in [0.1, 0.15) is 23.9 Å². The van der Waals surface area contributed by atoms with Crippen LogP contribution < -0.4 is 5.32 Å². The van der Waals surface area contributed by atoms with Gasteiger partial charge in [-0.15, -0.1) is 0 Å². The molecule has 1 N–H and O–H groups in total. The number of carbonyl (C=O) groups excluding carboxylic acids is 1. The van der Waals surface area contributed by atoms with Crippen molar-refractivity contribution in [2.75, 3.05) is 11.9 Å². The first kappa shape index (κ1) is 13.6. The Morgan fingerprint density at radius 1 is 1.29 bits per heavy atom. The van der Waals surface area contributed by atoms with Crippen LogP contribution in [-0.2, 0) is 9.53 Å². The van der Waals surface area contributed by atoms with Gasteiger partial charge in [0.25, 0.3) is 5.91 Å². The summed E-state index contributed by atoms with van der Waals surface area (Å²) in [6.45, 7) is 5.09. The topological polar surface area (TPSA) is 38.3 Å². The van der Waals surface area contributed by atoms with Crippen LogP contribution in [0.5, 0.6) is 0 Å². The molecule has 17 heavy (non-hydrogen) atoms. The van der Waals surface area contributed by atoms with Crippen molar-refractivity contribution in [3.05, 3.63) is 29.8 Å². The highest BCUT2D eigenvalue weighted by Crippen LogP contribution is 2.18. The molecule has 1 aromatic carbocycles. The van der Waals surface area contributed by atoms with Crippen LogP contribution in [0.15, 0.2) is 18.2 Å². The van der Waals surface area contributed by atoms with E-state index in [1.54, 1.807) is 20.8 Å². The van der Waals surface area contributed by atoms with E-state index in [0.29, 0.717) is 0 Å². The minimum Gasteiger partial charge on any atom is -0.366 e. The lowest BCUT2D eigenvalue weighted by molar-refractivity contribution is -0.125. The third-order valence-electron chi connectivity index (χ3n) is 1.86. The second-order valence-electron chi connectivity index (χ2n) is 4.55. The second-order valence-corrected chi connectivity index (χ2v) is 4.55. The van der Waals surface area contributed by atoms with Gasteiger partial charge < -0.3 is 10.1 Å². The van der Waals surface area contributed by atoms with Gasteiger partial charge in [-0.2, -0.15) is 0 Å². The fourth-order valence-corrected chi connectivity index (χ4v) is 1.07. The van der Waals surface area contributed by atoms with Crippen molar-refractivity contribution in [2.45, 2.75) is 26.4 Å². The summed E-state index contributed by atoms with van der Waals surface area (Å²) in [5.74, 6) is -2.22. The van der Waals surface area contributed by atoms with Gasteiger partial charge in [-0.05, 0) is 32.9 Å². The molecular weight excluding hydrogens is 228 g/mol. The molecule has 0 saturated heterocycles. The highest BCUT2D eigenvalue weighted by molar-refractivity contribution is 5.91. The normalized spacial score (nSPS) is 11.4. The zero-order valence-electron chi connectivity index (χ0n) is 10.0. The lowest BCUT2D eigenvalue weighted by Gasteiger charge is -2.19. The Bertz CT molecular complexity index is 393. The molecule has 0 unspecified atom stereocenters. The molecule has 94 valence electrons. The molecule has 0 aliphatic rings. The van der Waals surface area contributed by atoms with E-state index in [4.69, 9.17) is 4.74 Å². The van der Waals surface area contributed by atoms with Crippen LogP contribution in [0.4, 0.5) is 14.5 Å². The van der Waals surface area contributed by atoms with Crippen molar-refractivity contribution in [2.24, 2.45) is 0 Å². The lowest BCUT2D eigenvalue weighted by Crippen LogP contribution is -2.27. The maximum atomic E-state index is 13.2. The number of halogens is 2. The predicted molar refractivity (Wildman–Crippen MR) is 60.7 cm³/mol. The first-order valence-electron chi connectivity index (χ1n) is 5.17. The number of para-hydroxylation sites is 1. The molecule has 0 heterocycles. The predicted octanol–water partition coefficient (Wildman–Crippen LogP) is 2.72. The Morgan fingerprint density at radius 3 is 2.29 bits per heavy atom. The van der Waals surface area contributed by atoms with Crippen LogP contribution >= 0.6 is 0 Å². The summed E-state index contributed by atoms with van der Waals surface area (Å²) in [4.78, 5) is 11.4. The maximum absolute atomic E-state index is 13.2. The van der Waals surface area contributed by atoms with Gasteiger partial charge in [-0.3, -0.25) is 4.79 Å². The number of carbonyl (C=O) groups is 1. The molecule has 0 atom stereocenters. The molecule has 0 radical (unpaired) electrons. The number of nitrogens with one attached hydrogen (secondary N) is 1. The summed E-state index contributed by atoms with van der Waals surface area (Å²) in [7, 11) is 0. The highest BCUT2D eigenvalue weighted by Gasteiger charge is 2.15. The van der Waals surface area contributed by atoms with Crippen molar-refractivity contribution in [3.63, 3.8) is 0 Å². The summed E-state index contributed by atoms with van der Waals surface area (Å²) in [6.07, 6.45) is 0. The van der Waals surface area contributed by atoms with Crippen molar-refractivity contribution >= 4 is 11.6 Å². The summed E-state index contributed by atoms with van der Waals surface area (Å²) in [6, 6.07) is 3.37. The van der Waals surface area contributed by atoms with Crippen LogP contribution in [-0.4, -0.2) is 18.1 Å². The summed E-state index contributed by atoms with van der Waals surface area (Å²) < 4.78 is 31.6. The molecule has 0 spiro atoms. The van der Waals surface area contributed by atoms with Crippen molar-refractivity contribution in [3.8, 4) is 0 Å². The Morgan fingerprint density at radius 2 is 1.82 bits per heavy atom. The minimum absolute atomic E-state index is 0.253. The highest BCUT2D eigenvalue weighted by atomic mass is 19.1. The van der Waals surface area contributed by atoms with E-state index in [2.05, 4.69) is 5.32 Å². The number of ether oxygens (including phenoxy) is 1. The van der Waals surface area contributed by atoms with Crippen LogP contribution in [0.2, 0.25) is 0 Å². The molecule has 1 aromatic rings. The van der Waals surface area contributed by atoms with Gasteiger partial charge in [-0.1, -0.05) is 6.07 Å². The maximum Gasteiger partial charge on any atom is 0.250 e. The molecule has 0 aromatic heterocycles. The van der Waals surface area contributed by atoms with E-state index in [0.717, 1.165) is 12.1 Å². The Labute approximate surface area is 98.8 Å². The van der Waals surface area contributed by atoms with E-state index in [9.17, 15) is 13.6 Å². The van der Waals surface area contributed by atoms with E-state index < -0.39 is 28.8 Å². The van der Waals surface area contributed by atoms with Crippen molar-refractivity contribution in [1.82, 2.24) is 0 Å². The summed E-state index contributed by atoms with van der Waals surface area (Å²) >= 11 is 0. The van der Waals surface area contributed by atoms with E-state index >= 15 is 0 Å². The quantitative estimate of drug-likeness (QED) is 0.886. The molecule has 1 amide bonds. The zero-order chi connectivity index (χ0) is 13.1. The number of hydrogen-bond acceptors (Lipinski definition) is 2. The smallest absolute Gasteiger partial charge is 0.250 e. The van der Waals surface area contributed by atoms with E-state index in [1.807, 2.05) is 0 Å². The van der Waals surface area contributed by atoms with Crippen LogP contribution in [0, 0.1) is 11.6 Å². The Balaban J connectivity index is 2.63. The van der Waals surface area contributed by atoms with E-state index in [1.165, 1.54) is 6.07 Å². The fraction of sp³-hybridized carbons (Fsp3) is 0.417. The van der Waals surface area contributed by atoms with Gasteiger partial charge in [0.15, 0.2) is 0 Å². The van der Waals surface area contributed by atoms with E-state index in [-0.39, 0.29) is 6.61 Å². The summed E-state index contributed by atoms with van der Waals surface area (Å²) in [5.41, 5.74) is -0.930. The average Bonchev–Trinajstić information content (AvgIpc) is 2.20. The first-order chi connectivity index (χ1) is 7.79. The van der Waals surface area contributed by atoms with Crippen LogP contribution in [0.3, 0.4) is 0 Å². The third-order valence-corrected chi connectivity index (χ3v) is 1.86. The fourth-order valence-electron chi connectivity index (χ4n) is 1.07. The standard InChI is InChI=1S/C12H15F2NO2/c1-12(2,3)17-7-10(16)15-11-8(13)5-4-6-9(11)14/h4-6H,7H2,1-3H3,(H,15,16). The molecule has 3 nitrogen and oxygen atoms in total. The molecule has 0 aliphatic carbocycles.